The fraction of sp³-hybridized carbons (Fsp3) is 0.684. The molecule has 0 radical (unpaired) electrons. The predicted molar refractivity (Wildman–Crippen MR) is 99.6 cm³/mol. The molecule has 2 fully saturated rings. The Balaban J connectivity index is 1.50. The third kappa shape index (κ3) is 5.08. The molecule has 1 aromatic heterocycles. The maximum Gasteiger partial charge on any atom is 0.237 e. The molecule has 2 saturated heterocycles. The van der Waals surface area contributed by atoms with Crippen molar-refractivity contribution in [2.75, 3.05) is 26.2 Å². The topological polar surface area (TPSA) is 102 Å². The first-order chi connectivity index (χ1) is 13.0. The first-order valence-corrected chi connectivity index (χ1v) is 9.89. The second-order valence-corrected chi connectivity index (χ2v) is 7.50. The summed E-state index contributed by atoms with van der Waals surface area (Å²) in [7, 11) is 0. The molecule has 3 amide bonds. The average molecular weight is 375 g/mol. The lowest BCUT2D eigenvalue weighted by atomic mass is 9.96. The standard InChI is InChI=1S/C19H29N5O3/c20-16(25)14-24-12-8-21-19(24)15-5-3-11-23(13-15)18(27)7-4-10-22-9-2-1-6-17(22)26/h8,12,15H,1-7,9-11,13-14H2,(H2,20,25). The number of nitrogens with two attached hydrogens (primary N) is 1. The van der Waals surface area contributed by atoms with Crippen molar-refractivity contribution >= 4 is 17.7 Å². The molecule has 148 valence electrons. The Kier molecular flexibility index (Phi) is 6.47. The van der Waals surface area contributed by atoms with E-state index >= 15 is 0 Å². The zero-order valence-electron chi connectivity index (χ0n) is 15.8. The Hall–Kier alpha value is -2.38. The number of carbonyl (C=O) groups is 3. The maximum atomic E-state index is 12.6. The summed E-state index contributed by atoms with van der Waals surface area (Å²) in [5.41, 5.74) is 5.30. The number of likely N-dealkylation sites (tertiary alicyclic amines) is 2. The summed E-state index contributed by atoms with van der Waals surface area (Å²) in [6.45, 7) is 2.99. The highest BCUT2D eigenvalue weighted by molar-refractivity contribution is 5.78. The SMILES string of the molecule is NC(=O)Cn1ccnc1C1CCCN(C(=O)CCCN2CCCCC2=O)C1. The van der Waals surface area contributed by atoms with Crippen LogP contribution in [0.5, 0.6) is 0 Å². The fourth-order valence-electron chi connectivity index (χ4n) is 4.07. The summed E-state index contributed by atoms with van der Waals surface area (Å²) < 4.78 is 1.78. The molecule has 0 spiro atoms. The van der Waals surface area contributed by atoms with Crippen LogP contribution in [0.2, 0.25) is 0 Å². The number of hydrogen-bond donors (Lipinski definition) is 1. The van der Waals surface area contributed by atoms with Gasteiger partial charge >= 0.3 is 0 Å². The molecule has 8 nitrogen and oxygen atoms in total. The van der Waals surface area contributed by atoms with Gasteiger partial charge in [0.1, 0.15) is 12.4 Å². The van der Waals surface area contributed by atoms with Crippen LogP contribution in [0, 0.1) is 0 Å². The number of primary amides is 1. The van der Waals surface area contributed by atoms with Crippen LogP contribution in [0.4, 0.5) is 0 Å². The second kappa shape index (κ2) is 9.01. The first kappa shape index (κ1) is 19.4. The molecule has 2 N–H and O–H groups in total. The minimum absolute atomic E-state index is 0.115. The van der Waals surface area contributed by atoms with Crippen LogP contribution in [-0.4, -0.2) is 63.3 Å². The molecule has 0 bridgehead atoms. The van der Waals surface area contributed by atoms with Gasteiger partial charge in [0.2, 0.25) is 17.7 Å². The minimum atomic E-state index is -0.398. The third-order valence-electron chi connectivity index (χ3n) is 5.45. The summed E-state index contributed by atoms with van der Waals surface area (Å²) >= 11 is 0. The van der Waals surface area contributed by atoms with Crippen molar-refractivity contribution in [3.05, 3.63) is 18.2 Å². The molecule has 8 heteroatoms. The lowest BCUT2D eigenvalue weighted by molar-refractivity contribution is -0.135. The maximum absolute atomic E-state index is 12.6. The molecular formula is C19H29N5O3. The molecule has 1 unspecified atom stereocenters. The third-order valence-corrected chi connectivity index (χ3v) is 5.45. The minimum Gasteiger partial charge on any atom is -0.368 e. The summed E-state index contributed by atoms with van der Waals surface area (Å²) in [6, 6.07) is 0. The Labute approximate surface area is 159 Å². The van der Waals surface area contributed by atoms with Crippen molar-refractivity contribution in [1.82, 2.24) is 19.4 Å². The van der Waals surface area contributed by atoms with E-state index in [9.17, 15) is 14.4 Å². The Bertz CT molecular complexity index is 687. The van der Waals surface area contributed by atoms with Crippen molar-refractivity contribution in [2.45, 2.75) is 57.4 Å². The van der Waals surface area contributed by atoms with E-state index in [-0.39, 0.29) is 24.3 Å². The molecule has 27 heavy (non-hydrogen) atoms. The second-order valence-electron chi connectivity index (χ2n) is 7.50. The highest BCUT2D eigenvalue weighted by Gasteiger charge is 2.27. The van der Waals surface area contributed by atoms with Crippen molar-refractivity contribution < 1.29 is 14.4 Å². The van der Waals surface area contributed by atoms with E-state index in [1.807, 2.05) is 9.80 Å². The monoisotopic (exact) mass is 375 g/mol. The molecule has 3 heterocycles. The van der Waals surface area contributed by atoms with Crippen LogP contribution in [0.3, 0.4) is 0 Å². The fourth-order valence-corrected chi connectivity index (χ4v) is 4.07. The van der Waals surface area contributed by atoms with E-state index < -0.39 is 5.91 Å². The smallest absolute Gasteiger partial charge is 0.237 e. The van der Waals surface area contributed by atoms with Gasteiger partial charge in [-0.15, -0.1) is 0 Å². The predicted octanol–water partition coefficient (Wildman–Crippen LogP) is 0.867. The Morgan fingerprint density at radius 3 is 2.85 bits per heavy atom. The number of imidazole rings is 1. The summed E-state index contributed by atoms with van der Waals surface area (Å²) in [4.78, 5) is 43.9. The van der Waals surface area contributed by atoms with E-state index in [0.717, 1.165) is 44.6 Å². The van der Waals surface area contributed by atoms with Gasteiger partial charge in [0.25, 0.3) is 0 Å². The number of amides is 3. The molecule has 1 atom stereocenters. The van der Waals surface area contributed by atoms with E-state index in [4.69, 9.17) is 5.73 Å². The lowest BCUT2D eigenvalue weighted by Gasteiger charge is -2.33. The van der Waals surface area contributed by atoms with Crippen LogP contribution in [-0.2, 0) is 20.9 Å². The number of nitrogens with zero attached hydrogens (tertiary/aromatic N) is 4. The van der Waals surface area contributed by atoms with Gasteiger partial charge in [-0.25, -0.2) is 4.98 Å². The highest BCUT2D eigenvalue weighted by Crippen LogP contribution is 2.26. The number of carbonyl (C=O) groups excluding carboxylic acids is 3. The van der Waals surface area contributed by atoms with Crippen LogP contribution in [0.25, 0.3) is 0 Å². The van der Waals surface area contributed by atoms with Gasteiger partial charge in [0.15, 0.2) is 0 Å². The molecule has 2 aliphatic rings. The van der Waals surface area contributed by atoms with Crippen molar-refractivity contribution in [1.29, 1.82) is 0 Å². The van der Waals surface area contributed by atoms with E-state index in [2.05, 4.69) is 4.98 Å². The molecule has 0 saturated carbocycles. The molecule has 0 aromatic carbocycles. The van der Waals surface area contributed by atoms with E-state index in [1.165, 1.54) is 0 Å². The van der Waals surface area contributed by atoms with Gasteiger partial charge < -0.3 is 20.1 Å². The lowest BCUT2D eigenvalue weighted by Crippen LogP contribution is -2.40. The van der Waals surface area contributed by atoms with Crippen molar-refractivity contribution in [3.8, 4) is 0 Å². The van der Waals surface area contributed by atoms with Gasteiger partial charge in [0.05, 0.1) is 0 Å². The van der Waals surface area contributed by atoms with Gasteiger partial charge in [0, 0.05) is 57.3 Å². The molecule has 3 rings (SSSR count). The quantitative estimate of drug-likeness (QED) is 0.764. The summed E-state index contributed by atoms with van der Waals surface area (Å²) in [5.74, 6) is 0.904. The number of rotatable bonds is 7. The van der Waals surface area contributed by atoms with Crippen LogP contribution < -0.4 is 5.73 Å². The first-order valence-electron chi connectivity index (χ1n) is 9.89. The van der Waals surface area contributed by atoms with Gasteiger partial charge in [-0.05, 0) is 32.1 Å². The Morgan fingerprint density at radius 1 is 1.22 bits per heavy atom. The van der Waals surface area contributed by atoms with Gasteiger partial charge in [-0.3, -0.25) is 14.4 Å². The van der Waals surface area contributed by atoms with E-state index in [0.29, 0.717) is 32.4 Å². The van der Waals surface area contributed by atoms with Gasteiger partial charge in [-0.2, -0.15) is 0 Å². The average Bonchev–Trinajstić information content (AvgIpc) is 3.10. The molecule has 0 aliphatic carbocycles. The highest BCUT2D eigenvalue weighted by atomic mass is 16.2. The van der Waals surface area contributed by atoms with Gasteiger partial charge in [-0.1, -0.05) is 0 Å². The van der Waals surface area contributed by atoms with Crippen molar-refractivity contribution in [3.63, 3.8) is 0 Å². The zero-order chi connectivity index (χ0) is 19.2. The number of hydrogen-bond acceptors (Lipinski definition) is 4. The Morgan fingerprint density at radius 2 is 2.07 bits per heavy atom. The normalized spacial score (nSPS) is 20.7. The number of piperidine rings is 2. The largest absolute Gasteiger partial charge is 0.368 e. The van der Waals surface area contributed by atoms with Crippen molar-refractivity contribution in [2.24, 2.45) is 5.73 Å². The molecule has 2 aliphatic heterocycles. The van der Waals surface area contributed by atoms with E-state index in [1.54, 1.807) is 17.0 Å². The molecular weight excluding hydrogens is 346 g/mol. The molecule has 1 aromatic rings. The summed E-state index contributed by atoms with van der Waals surface area (Å²) in [6.07, 6.45) is 9.16. The number of aromatic nitrogens is 2. The zero-order valence-corrected chi connectivity index (χ0v) is 15.8. The van der Waals surface area contributed by atoms with Crippen LogP contribution in [0.15, 0.2) is 12.4 Å². The summed E-state index contributed by atoms with van der Waals surface area (Å²) in [5, 5.41) is 0. The van der Waals surface area contributed by atoms with Crippen LogP contribution in [0.1, 0.15) is 56.7 Å². The van der Waals surface area contributed by atoms with Crippen LogP contribution >= 0.6 is 0 Å².